The fraction of sp³-hybridized carbons (Fsp3) is 0.708. The lowest BCUT2D eigenvalue weighted by Gasteiger charge is -2.18. The third kappa shape index (κ3) is 62.9. The first kappa shape index (κ1) is 74.1. The predicted octanol–water partition coefficient (Wildman–Crippen LogP) is 22.6. The topological polar surface area (TPSA) is 78.9 Å². The zero-order valence-corrected chi connectivity index (χ0v) is 51.2. The molecule has 446 valence electrons. The van der Waals surface area contributed by atoms with Crippen molar-refractivity contribution in [2.24, 2.45) is 0 Å². The summed E-state index contributed by atoms with van der Waals surface area (Å²) in [5.74, 6) is -0.960. The molecule has 0 saturated carbocycles. The van der Waals surface area contributed by atoms with Crippen LogP contribution in [0.15, 0.2) is 109 Å². The van der Waals surface area contributed by atoms with E-state index in [1.165, 1.54) is 173 Å². The van der Waals surface area contributed by atoms with Gasteiger partial charge in [0.05, 0.1) is 0 Å². The Labute approximate surface area is 482 Å². The third-order valence-corrected chi connectivity index (χ3v) is 14.0. The average molecular weight is 1080 g/mol. The molecule has 0 N–H and O–H groups in total. The zero-order chi connectivity index (χ0) is 56.4. The number of hydrogen-bond acceptors (Lipinski definition) is 6. The average Bonchev–Trinajstić information content (AvgIpc) is 3.44. The number of ether oxygens (including phenoxy) is 3. The Morgan fingerprint density at radius 2 is 0.513 bits per heavy atom. The van der Waals surface area contributed by atoms with Gasteiger partial charge in [0.1, 0.15) is 13.2 Å². The molecule has 0 aliphatic rings. The minimum Gasteiger partial charge on any atom is -0.462 e. The van der Waals surface area contributed by atoms with Crippen LogP contribution in [-0.2, 0) is 28.6 Å². The number of carbonyl (C=O) groups is 3. The van der Waals surface area contributed by atoms with Crippen molar-refractivity contribution in [1.82, 2.24) is 0 Å². The molecule has 0 radical (unpaired) electrons. The van der Waals surface area contributed by atoms with Crippen LogP contribution in [0.2, 0.25) is 0 Å². The summed E-state index contributed by atoms with van der Waals surface area (Å²) in [7, 11) is 0. The zero-order valence-electron chi connectivity index (χ0n) is 51.2. The van der Waals surface area contributed by atoms with Crippen LogP contribution < -0.4 is 0 Å². The van der Waals surface area contributed by atoms with Crippen molar-refractivity contribution in [1.29, 1.82) is 0 Å². The molecule has 0 aromatic rings. The predicted molar refractivity (Wildman–Crippen MR) is 339 cm³/mol. The molecular weight excluding hydrogens is 961 g/mol. The molecule has 0 aromatic carbocycles. The van der Waals surface area contributed by atoms with Gasteiger partial charge in [0, 0.05) is 19.3 Å². The number of carbonyl (C=O) groups excluding carboxylic acids is 3. The van der Waals surface area contributed by atoms with Crippen LogP contribution in [0.25, 0.3) is 0 Å². The van der Waals surface area contributed by atoms with Crippen molar-refractivity contribution in [3.8, 4) is 0 Å². The van der Waals surface area contributed by atoms with Gasteiger partial charge in [0.15, 0.2) is 6.10 Å². The number of esters is 3. The Morgan fingerprint density at radius 3 is 0.846 bits per heavy atom. The Hall–Kier alpha value is -3.93. The van der Waals surface area contributed by atoms with Crippen LogP contribution in [0.5, 0.6) is 0 Å². The lowest BCUT2D eigenvalue weighted by Crippen LogP contribution is -2.30. The van der Waals surface area contributed by atoms with E-state index in [0.717, 1.165) is 89.9 Å². The van der Waals surface area contributed by atoms with Gasteiger partial charge < -0.3 is 14.2 Å². The highest BCUT2D eigenvalue weighted by molar-refractivity contribution is 5.71. The van der Waals surface area contributed by atoms with Gasteiger partial charge in [-0.05, 0) is 122 Å². The van der Waals surface area contributed by atoms with Gasteiger partial charge in [-0.3, -0.25) is 14.4 Å². The van der Waals surface area contributed by atoms with Crippen molar-refractivity contribution in [3.05, 3.63) is 109 Å². The lowest BCUT2D eigenvalue weighted by molar-refractivity contribution is -0.167. The Bertz CT molecular complexity index is 1570. The first-order valence-electron chi connectivity index (χ1n) is 32.9. The van der Waals surface area contributed by atoms with Gasteiger partial charge in [-0.25, -0.2) is 0 Å². The first-order valence-corrected chi connectivity index (χ1v) is 32.9. The summed E-state index contributed by atoms with van der Waals surface area (Å²) in [4.78, 5) is 38.3. The summed E-state index contributed by atoms with van der Waals surface area (Å²) in [6.07, 6.45) is 89.6. The molecule has 1 atom stereocenters. The molecule has 0 spiro atoms. The normalized spacial score (nSPS) is 12.8. The van der Waals surface area contributed by atoms with Gasteiger partial charge >= 0.3 is 17.9 Å². The van der Waals surface area contributed by atoms with E-state index in [1.54, 1.807) is 0 Å². The second-order valence-electron chi connectivity index (χ2n) is 21.6. The minimum atomic E-state index is -0.808. The van der Waals surface area contributed by atoms with Crippen molar-refractivity contribution >= 4 is 17.9 Å². The van der Waals surface area contributed by atoms with Gasteiger partial charge in [0.2, 0.25) is 0 Å². The number of unbranched alkanes of at least 4 members (excludes halogenated alkanes) is 30. The van der Waals surface area contributed by atoms with Crippen LogP contribution in [0.1, 0.15) is 310 Å². The summed E-state index contributed by atoms with van der Waals surface area (Å²) in [6.45, 7) is 6.48. The summed E-state index contributed by atoms with van der Waals surface area (Å²) < 4.78 is 16.9. The molecule has 1 unspecified atom stereocenters. The highest BCUT2D eigenvalue weighted by Crippen LogP contribution is 2.16. The number of allylic oxidation sites excluding steroid dienone is 18. The van der Waals surface area contributed by atoms with E-state index >= 15 is 0 Å². The Balaban J connectivity index is 4.42. The van der Waals surface area contributed by atoms with Crippen molar-refractivity contribution in [3.63, 3.8) is 0 Å². The summed E-state index contributed by atoms with van der Waals surface area (Å²) in [5.41, 5.74) is 0. The largest absolute Gasteiger partial charge is 0.462 e. The van der Waals surface area contributed by atoms with Crippen LogP contribution in [-0.4, -0.2) is 37.2 Å². The molecule has 6 heteroatoms. The van der Waals surface area contributed by atoms with E-state index in [9.17, 15) is 14.4 Å². The smallest absolute Gasteiger partial charge is 0.306 e. The first-order chi connectivity index (χ1) is 38.5. The van der Waals surface area contributed by atoms with E-state index in [2.05, 4.69) is 130 Å². The maximum Gasteiger partial charge on any atom is 0.306 e. The lowest BCUT2D eigenvalue weighted by atomic mass is 10.1. The molecule has 6 nitrogen and oxygen atoms in total. The maximum absolute atomic E-state index is 12.9. The van der Waals surface area contributed by atoms with Gasteiger partial charge in [-0.2, -0.15) is 0 Å². The van der Waals surface area contributed by atoms with Crippen molar-refractivity contribution < 1.29 is 28.6 Å². The van der Waals surface area contributed by atoms with E-state index in [0.29, 0.717) is 19.3 Å². The fourth-order valence-electron chi connectivity index (χ4n) is 9.07. The van der Waals surface area contributed by atoms with Gasteiger partial charge in [-0.1, -0.05) is 278 Å². The molecule has 0 aromatic heterocycles. The highest BCUT2D eigenvalue weighted by Gasteiger charge is 2.19. The Morgan fingerprint density at radius 1 is 0.269 bits per heavy atom. The van der Waals surface area contributed by atoms with E-state index in [1.807, 2.05) is 0 Å². The monoisotopic (exact) mass is 1080 g/mol. The molecule has 0 saturated heterocycles. The molecule has 0 amide bonds. The molecule has 0 heterocycles. The van der Waals surface area contributed by atoms with Gasteiger partial charge in [0.25, 0.3) is 0 Å². The van der Waals surface area contributed by atoms with Crippen LogP contribution >= 0.6 is 0 Å². The molecule has 0 aliphatic carbocycles. The van der Waals surface area contributed by atoms with Gasteiger partial charge in [-0.15, -0.1) is 0 Å². The summed E-state index contributed by atoms with van der Waals surface area (Å²) in [5, 5.41) is 0. The SMILES string of the molecule is CC/C=C\C/C=C\C/C=C\C/C=C\C/C=C\CCCC(=O)OCC(COC(=O)CCCCCCCCCCCC/C=C\C/C=C\C/C=C\CCCCCCC)OC(=O)CCCCCCCCC/C=C\CCCCCCCCC. The molecule has 0 aliphatic heterocycles. The minimum absolute atomic E-state index is 0.0999. The standard InChI is InChI=1S/C72H122O6/c1-4-7-10-13-16-19-22-25-28-31-33-34-35-36-37-38-39-42-44-47-50-53-56-59-62-65-71(74)77-68-69(67-76-70(73)64-61-58-55-52-49-46-43-40-30-27-24-21-18-15-12-9-6-3)78-72(75)66-63-60-57-54-51-48-45-41-32-29-26-23-20-17-14-11-8-5-2/h9,12,18,21-22,25,27,29-33,35-36,43,46,52,55,69H,4-8,10-11,13-17,19-20,23-24,26,28,34,37-42,44-45,47-51,53-54,56-68H2,1-3H3/b12-9-,21-18-,25-22-,30-27-,32-29-,33-31-,36-35-,46-43-,55-52-. The van der Waals surface area contributed by atoms with Crippen molar-refractivity contribution in [2.75, 3.05) is 13.2 Å². The number of rotatable bonds is 59. The van der Waals surface area contributed by atoms with E-state index in [4.69, 9.17) is 14.2 Å². The van der Waals surface area contributed by atoms with Crippen LogP contribution in [0.4, 0.5) is 0 Å². The van der Waals surface area contributed by atoms with Crippen LogP contribution in [0, 0.1) is 0 Å². The molecule has 78 heavy (non-hydrogen) atoms. The summed E-state index contributed by atoms with van der Waals surface area (Å²) >= 11 is 0. The maximum atomic E-state index is 12.9. The molecular formula is C72H122O6. The molecule has 0 fully saturated rings. The van der Waals surface area contributed by atoms with Crippen LogP contribution in [0.3, 0.4) is 0 Å². The second kappa shape index (κ2) is 65.6. The molecule has 0 bridgehead atoms. The highest BCUT2D eigenvalue weighted by atomic mass is 16.6. The van der Waals surface area contributed by atoms with E-state index in [-0.39, 0.29) is 37.5 Å². The van der Waals surface area contributed by atoms with Crippen molar-refractivity contribution in [2.45, 2.75) is 316 Å². The summed E-state index contributed by atoms with van der Waals surface area (Å²) in [6, 6.07) is 0. The van der Waals surface area contributed by atoms with E-state index < -0.39 is 6.10 Å². The Kier molecular flexibility index (Phi) is 62.3. The fourth-order valence-corrected chi connectivity index (χ4v) is 9.07. The third-order valence-electron chi connectivity index (χ3n) is 14.0. The quantitative estimate of drug-likeness (QED) is 0.0261. The second-order valence-corrected chi connectivity index (χ2v) is 21.6. The number of hydrogen-bond donors (Lipinski definition) is 0. The molecule has 0 rings (SSSR count).